The van der Waals surface area contributed by atoms with Crippen LogP contribution in [0.1, 0.15) is 25.3 Å². The predicted molar refractivity (Wildman–Crippen MR) is 72.4 cm³/mol. The van der Waals surface area contributed by atoms with Gasteiger partial charge in [0.1, 0.15) is 6.04 Å². The molecule has 1 heterocycles. The monoisotopic (exact) mass is 245 g/mol. The molecule has 1 saturated heterocycles. The average molecular weight is 245 g/mol. The van der Waals surface area contributed by atoms with Gasteiger partial charge in [-0.1, -0.05) is 37.3 Å². The molecule has 2 rings (SSSR count). The van der Waals surface area contributed by atoms with Gasteiger partial charge < -0.3 is 5.32 Å². The second-order valence-corrected chi connectivity index (χ2v) is 4.44. The van der Waals surface area contributed by atoms with E-state index in [0.29, 0.717) is 5.96 Å². The van der Waals surface area contributed by atoms with Crippen molar-refractivity contribution in [3.05, 3.63) is 35.9 Å². The Morgan fingerprint density at radius 2 is 2.06 bits per heavy atom. The van der Waals surface area contributed by atoms with Crippen LogP contribution in [0, 0.1) is 0 Å². The Hall–Kier alpha value is -1.84. The van der Waals surface area contributed by atoms with Gasteiger partial charge in [0.25, 0.3) is 0 Å². The smallest absolute Gasteiger partial charge is 0.249 e. The van der Waals surface area contributed by atoms with Crippen LogP contribution in [0.5, 0.6) is 0 Å². The molecule has 0 saturated carbocycles. The summed E-state index contributed by atoms with van der Waals surface area (Å²) in [4.78, 5) is 16.0. The number of guanidine groups is 1. The molecule has 4 nitrogen and oxygen atoms in total. The highest BCUT2D eigenvalue weighted by molar-refractivity contribution is 6.06. The SMILES string of the molecule is CCCN=C1NC(=O)C(CCc2ccccc2)N1. The van der Waals surface area contributed by atoms with Crippen LogP contribution in [-0.4, -0.2) is 24.5 Å². The van der Waals surface area contributed by atoms with Crippen LogP contribution < -0.4 is 10.6 Å². The van der Waals surface area contributed by atoms with Gasteiger partial charge >= 0.3 is 0 Å². The van der Waals surface area contributed by atoms with Crippen molar-refractivity contribution in [2.75, 3.05) is 6.54 Å². The summed E-state index contributed by atoms with van der Waals surface area (Å²) in [6.45, 7) is 2.81. The fourth-order valence-electron chi connectivity index (χ4n) is 1.94. The normalized spacial score (nSPS) is 20.8. The highest BCUT2D eigenvalue weighted by Crippen LogP contribution is 2.07. The molecule has 2 N–H and O–H groups in total. The van der Waals surface area contributed by atoms with E-state index in [2.05, 4.69) is 34.7 Å². The second kappa shape index (κ2) is 6.19. The van der Waals surface area contributed by atoms with Crippen LogP contribution in [0.4, 0.5) is 0 Å². The van der Waals surface area contributed by atoms with Gasteiger partial charge in [0.05, 0.1) is 0 Å². The van der Waals surface area contributed by atoms with Crippen molar-refractivity contribution in [2.45, 2.75) is 32.2 Å². The molecule has 0 aromatic heterocycles. The van der Waals surface area contributed by atoms with Gasteiger partial charge in [0.2, 0.25) is 5.91 Å². The number of aliphatic imine (C=N–C) groups is 1. The fourth-order valence-corrected chi connectivity index (χ4v) is 1.94. The summed E-state index contributed by atoms with van der Waals surface area (Å²) in [5, 5.41) is 5.91. The van der Waals surface area contributed by atoms with E-state index in [9.17, 15) is 4.79 Å². The summed E-state index contributed by atoms with van der Waals surface area (Å²) in [6, 6.07) is 10.1. The quantitative estimate of drug-likeness (QED) is 0.825. The van der Waals surface area contributed by atoms with Crippen molar-refractivity contribution >= 4 is 11.9 Å². The first-order valence-corrected chi connectivity index (χ1v) is 6.45. The second-order valence-electron chi connectivity index (χ2n) is 4.44. The third kappa shape index (κ3) is 3.32. The number of hydrogen-bond donors (Lipinski definition) is 2. The van der Waals surface area contributed by atoms with E-state index in [1.165, 1.54) is 5.56 Å². The Labute approximate surface area is 108 Å². The van der Waals surface area contributed by atoms with Crippen molar-refractivity contribution in [1.82, 2.24) is 10.6 Å². The number of nitrogens with zero attached hydrogens (tertiary/aromatic N) is 1. The van der Waals surface area contributed by atoms with Crippen molar-refractivity contribution in [2.24, 2.45) is 4.99 Å². The Bertz CT molecular complexity index is 428. The molecule has 96 valence electrons. The first-order chi connectivity index (χ1) is 8.79. The van der Waals surface area contributed by atoms with Crippen LogP contribution in [0.15, 0.2) is 35.3 Å². The van der Waals surface area contributed by atoms with Crippen LogP contribution in [-0.2, 0) is 11.2 Å². The van der Waals surface area contributed by atoms with E-state index in [0.717, 1.165) is 25.8 Å². The molecule has 1 unspecified atom stereocenters. The summed E-state index contributed by atoms with van der Waals surface area (Å²) >= 11 is 0. The minimum Gasteiger partial charge on any atom is -0.344 e. The van der Waals surface area contributed by atoms with Gasteiger partial charge in [0, 0.05) is 6.54 Å². The molecule has 1 fully saturated rings. The van der Waals surface area contributed by atoms with E-state index in [1.807, 2.05) is 18.2 Å². The van der Waals surface area contributed by atoms with Gasteiger partial charge in [-0.05, 0) is 24.8 Å². The third-order valence-electron chi connectivity index (χ3n) is 2.93. The maximum absolute atomic E-state index is 11.7. The van der Waals surface area contributed by atoms with Crippen LogP contribution in [0.25, 0.3) is 0 Å². The number of carbonyl (C=O) groups is 1. The molecule has 1 aromatic rings. The number of amides is 1. The lowest BCUT2D eigenvalue weighted by Gasteiger charge is -2.07. The molecule has 1 atom stereocenters. The molecule has 1 aromatic carbocycles. The number of rotatable bonds is 5. The zero-order chi connectivity index (χ0) is 12.8. The lowest BCUT2D eigenvalue weighted by molar-refractivity contribution is -0.120. The molecule has 0 radical (unpaired) electrons. The number of hydrogen-bond acceptors (Lipinski definition) is 2. The summed E-state index contributed by atoms with van der Waals surface area (Å²) in [5.41, 5.74) is 1.26. The fraction of sp³-hybridized carbons (Fsp3) is 0.429. The lowest BCUT2D eigenvalue weighted by Crippen LogP contribution is -2.29. The Kier molecular flexibility index (Phi) is 4.34. The van der Waals surface area contributed by atoms with Crippen molar-refractivity contribution in [3.8, 4) is 0 Å². The standard InChI is InChI=1S/C14H19N3O/c1-2-10-15-14-16-12(13(18)17-14)9-8-11-6-4-3-5-7-11/h3-7,12H,2,8-10H2,1H3,(H2,15,16,17,18). The van der Waals surface area contributed by atoms with E-state index >= 15 is 0 Å². The summed E-state index contributed by atoms with van der Waals surface area (Å²) in [5.74, 6) is 0.653. The van der Waals surface area contributed by atoms with E-state index in [1.54, 1.807) is 0 Å². The van der Waals surface area contributed by atoms with Crippen LogP contribution in [0.3, 0.4) is 0 Å². The summed E-state index contributed by atoms with van der Waals surface area (Å²) in [7, 11) is 0. The number of carbonyl (C=O) groups excluding carboxylic acids is 1. The molecule has 1 aliphatic rings. The predicted octanol–water partition coefficient (Wildman–Crippen LogP) is 1.47. The maximum Gasteiger partial charge on any atom is 0.249 e. The highest BCUT2D eigenvalue weighted by atomic mass is 16.2. The van der Waals surface area contributed by atoms with E-state index in [4.69, 9.17) is 0 Å². The molecule has 4 heteroatoms. The molecule has 1 aliphatic heterocycles. The number of benzene rings is 1. The van der Waals surface area contributed by atoms with E-state index < -0.39 is 0 Å². The largest absolute Gasteiger partial charge is 0.344 e. The topological polar surface area (TPSA) is 53.5 Å². The molecule has 1 amide bonds. The minimum atomic E-state index is -0.152. The molecular weight excluding hydrogens is 226 g/mol. The first-order valence-electron chi connectivity index (χ1n) is 6.45. The third-order valence-corrected chi connectivity index (χ3v) is 2.93. The van der Waals surface area contributed by atoms with Crippen LogP contribution in [0.2, 0.25) is 0 Å². The zero-order valence-electron chi connectivity index (χ0n) is 10.6. The molecular formula is C14H19N3O. The minimum absolute atomic E-state index is 0.0285. The Balaban J connectivity index is 1.85. The molecule has 0 bridgehead atoms. The lowest BCUT2D eigenvalue weighted by atomic mass is 10.1. The van der Waals surface area contributed by atoms with Gasteiger partial charge in [-0.2, -0.15) is 0 Å². The Morgan fingerprint density at radius 1 is 1.28 bits per heavy atom. The van der Waals surface area contributed by atoms with Crippen LogP contribution >= 0.6 is 0 Å². The van der Waals surface area contributed by atoms with Crippen molar-refractivity contribution in [1.29, 1.82) is 0 Å². The van der Waals surface area contributed by atoms with Gasteiger partial charge in [-0.25, -0.2) is 0 Å². The van der Waals surface area contributed by atoms with Gasteiger partial charge in [-0.15, -0.1) is 0 Å². The summed E-state index contributed by atoms with van der Waals surface area (Å²) < 4.78 is 0. The molecule has 0 spiro atoms. The average Bonchev–Trinajstić information content (AvgIpc) is 2.76. The number of aryl methyl sites for hydroxylation is 1. The Morgan fingerprint density at radius 3 is 2.78 bits per heavy atom. The summed E-state index contributed by atoms with van der Waals surface area (Å²) in [6.07, 6.45) is 2.67. The van der Waals surface area contributed by atoms with Gasteiger partial charge in [-0.3, -0.25) is 15.1 Å². The zero-order valence-corrected chi connectivity index (χ0v) is 10.6. The van der Waals surface area contributed by atoms with Crippen molar-refractivity contribution in [3.63, 3.8) is 0 Å². The first kappa shape index (κ1) is 12.6. The van der Waals surface area contributed by atoms with E-state index in [-0.39, 0.29) is 11.9 Å². The van der Waals surface area contributed by atoms with Crippen molar-refractivity contribution < 1.29 is 4.79 Å². The number of nitrogens with one attached hydrogen (secondary N) is 2. The maximum atomic E-state index is 11.7. The molecule has 18 heavy (non-hydrogen) atoms. The molecule has 0 aliphatic carbocycles. The highest BCUT2D eigenvalue weighted by Gasteiger charge is 2.27. The van der Waals surface area contributed by atoms with Gasteiger partial charge in [0.15, 0.2) is 5.96 Å².